The highest BCUT2D eigenvalue weighted by atomic mass is 16.5. The molecule has 14 heavy (non-hydrogen) atoms. The van der Waals surface area contributed by atoms with Gasteiger partial charge in [-0.1, -0.05) is 27.7 Å². The lowest BCUT2D eigenvalue weighted by atomic mass is 10.2. The minimum atomic E-state index is 0.409. The van der Waals surface area contributed by atoms with Gasteiger partial charge in [-0.2, -0.15) is 0 Å². The molecule has 2 heteroatoms. The van der Waals surface area contributed by atoms with E-state index in [1.165, 1.54) is 6.42 Å². The molecule has 0 aliphatic heterocycles. The second-order valence-electron chi connectivity index (χ2n) is 4.79. The van der Waals surface area contributed by atoms with Crippen LogP contribution in [0.4, 0.5) is 0 Å². The van der Waals surface area contributed by atoms with E-state index in [2.05, 4.69) is 39.9 Å². The van der Waals surface area contributed by atoms with Gasteiger partial charge in [0.1, 0.15) is 0 Å². The van der Waals surface area contributed by atoms with Crippen LogP contribution in [0.5, 0.6) is 0 Å². The van der Waals surface area contributed by atoms with E-state index in [0.717, 1.165) is 19.6 Å². The van der Waals surface area contributed by atoms with Crippen molar-refractivity contribution in [1.29, 1.82) is 0 Å². The van der Waals surface area contributed by atoms with Crippen molar-refractivity contribution in [3.05, 3.63) is 0 Å². The van der Waals surface area contributed by atoms with Gasteiger partial charge in [-0.3, -0.25) is 0 Å². The van der Waals surface area contributed by atoms with Gasteiger partial charge >= 0.3 is 0 Å². The van der Waals surface area contributed by atoms with Crippen molar-refractivity contribution >= 4 is 0 Å². The molecule has 0 aliphatic carbocycles. The molecule has 0 aromatic carbocycles. The van der Waals surface area contributed by atoms with Gasteiger partial charge in [0.2, 0.25) is 0 Å². The summed E-state index contributed by atoms with van der Waals surface area (Å²) in [7, 11) is 0. The van der Waals surface area contributed by atoms with Crippen LogP contribution in [-0.2, 0) is 4.74 Å². The summed E-state index contributed by atoms with van der Waals surface area (Å²) in [4.78, 5) is 0. The van der Waals surface area contributed by atoms with Crippen molar-refractivity contribution in [1.82, 2.24) is 5.32 Å². The zero-order valence-corrected chi connectivity index (χ0v) is 10.5. The number of hydrogen-bond donors (Lipinski definition) is 1. The fourth-order valence-corrected chi connectivity index (χ4v) is 1.22. The van der Waals surface area contributed by atoms with E-state index in [-0.39, 0.29) is 0 Å². The van der Waals surface area contributed by atoms with Gasteiger partial charge in [0.15, 0.2) is 0 Å². The van der Waals surface area contributed by atoms with Crippen molar-refractivity contribution in [2.75, 3.05) is 13.2 Å². The summed E-state index contributed by atoms with van der Waals surface area (Å²) in [5.41, 5.74) is 0. The molecule has 0 aromatic heterocycles. The number of ether oxygens (including phenoxy) is 1. The van der Waals surface area contributed by atoms with Crippen LogP contribution in [0.2, 0.25) is 0 Å². The van der Waals surface area contributed by atoms with Crippen LogP contribution in [0, 0.1) is 5.92 Å². The van der Waals surface area contributed by atoms with E-state index >= 15 is 0 Å². The Hall–Kier alpha value is -0.0800. The zero-order chi connectivity index (χ0) is 11.0. The van der Waals surface area contributed by atoms with E-state index < -0.39 is 0 Å². The monoisotopic (exact) mass is 201 g/mol. The minimum Gasteiger partial charge on any atom is -0.378 e. The van der Waals surface area contributed by atoms with E-state index in [4.69, 9.17) is 4.74 Å². The summed E-state index contributed by atoms with van der Waals surface area (Å²) in [6.07, 6.45) is 2.77. The standard InChI is InChI=1S/C12H27NO/c1-10(2)9-14-12(5)7-6-8-13-11(3)4/h10-13H,6-9H2,1-5H3. The van der Waals surface area contributed by atoms with E-state index in [1.54, 1.807) is 0 Å². The topological polar surface area (TPSA) is 21.3 Å². The molecule has 0 radical (unpaired) electrons. The first-order valence-electron chi connectivity index (χ1n) is 5.87. The van der Waals surface area contributed by atoms with Gasteiger partial charge < -0.3 is 10.1 Å². The molecule has 1 atom stereocenters. The Kier molecular flexibility index (Phi) is 8.20. The Balaban J connectivity index is 3.22. The summed E-state index contributed by atoms with van der Waals surface area (Å²) in [6, 6.07) is 0.599. The van der Waals surface area contributed by atoms with Crippen LogP contribution >= 0.6 is 0 Å². The largest absolute Gasteiger partial charge is 0.378 e. The molecule has 0 aliphatic rings. The molecular weight excluding hydrogens is 174 g/mol. The lowest BCUT2D eigenvalue weighted by Gasteiger charge is -2.15. The van der Waals surface area contributed by atoms with Crippen LogP contribution in [0.3, 0.4) is 0 Å². The van der Waals surface area contributed by atoms with Crippen LogP contribution in [0.1, 0.15) is 47.5 Å². The molecule has 86 valence electrons. The van der Waals surface area contributed by atoms with Gasteiger partial charge in [0.25, 0.3) is 0 Å². The molecule has 0 heterocycles. The quantitative estimate of drug-likeness (QED) is 0.610. The maximum absolute atomic E-state index is 5.68. The summed E-state index contributed by atoms with van der Waals surface area (Å²) in [5, 5.41) is 3.41. The molecule has 0 bridgehead atoms. The smallest absolute Gasteiger partial charge is 0.0547 e. The predicted molar refractivity (Wildman–Crippen MR) is 62.6 cm³/mol. The van der Waals surface area contributed by atoms with Gasteiger partial charge in [-0.25, -0.2) is 0 Å². The minimum absolute atomic E-state index is 0.409. The Morgan fingerprint density at radius 3 is 2.21 bits per heavy atom. The van der Waals surface area contributed by atoms with E-state index in [1.807, 2.05) is 0 Å². The van der Waals surface area contributed by atoms with E-state index in [9.17, 15) is 0 Å². The zero-order valence-electron chi connectivity index (χ0n) is 10.5. The average Bonchev–Trinajstić information content (AvgIpc) is 2.08. The number of hydrogen-bond acceptors (Lipinski definition) is 2. The third-order valence-corrected chi connectivity index (χ3v) is 2.05. The first-order valence-corrected chi connectivity index (χ1v) is 5.87. The van der Waals surface area contributed by atoms with Crippen molar-refractivity contribution < 1.29 is 4.74 Å². The van der Waals surface area contributed by atoms with Gasteiger partial charge in [0, 0.05) is 12.6 Å². The Morgan fingerprint density at radius 2 is 1.71 bits per heavy atom. The molecule has 1 unspecified atom stereocenters. The molecule has 0 saturated carbocycles. The summed E-state index contributed by atoms with van der Waals surface area (Å²) >= 11 is 0. The first-order chi connectivity index (χ1) is 6.52. The molecule has 0 fully saturated rings. The summed E-state index contributed by atoms with van der Waals surface area (Å²) in [5.74, 6) is 0.645. The molecule has 0 saturated heterocycles. The number of nitrogens with one attached hydrogen (secondary N) is 1. The van der Waals surface area contributed by atoms with Crippen molar-refractivity contribution in [3.63, 3.8) is 0 Å². The molecular formula is C12H27NO. The lowest BCUT2D eigenvalue weighted by Crippen LogP contribution is -2.24. The number of rotatable bonds is 8. The highest BCUT2D eigenvalue weighted by Gasteiger charge is 2.03. The summed E-state index contributed by atoms with van der Waals surface area (Å²) < 4.78 is 5.68. The van der Waals surface area contributed by atoms with Gasteiger partial charge in [0.05, 0.1) is 6.10 Å². The Bertz CT molecular complexity index is 123. The van der Waals surface area contributed by atoms with Gasteiger partial charge in [-0.15, -0.1) is 0 Å². The second kappa shape index (κ2) is 8.25. The Labute approximate surface area is 89.4 Å². The third kappa shape index (κ3) is 10.0. The van der Waals surface area contributed by atoms with Crippen LogP contribution < -0.4 is 5.32 Å². The normalized spacial score (nSPS) is 13.9. The average molecular weight is 201 g/mol. The Morgan fingerprint density at radius 1 is 1.07 bits per heavy atom. The first kappa shape index (κ1) is 13.9. The molecule has 2 nitrogen and oxygen atoms in total. The van der Waals surface area contributed by atoms with E-state index in [0.29, 0.717) is 18.1 Å². The highest BCUT2D eigenvalue weighted by molar-refractivity contribution is 4.57. The molecule has 0 spiro atoms. The molecule has 1 N–H and O–H groups in total. The van der Waals surface area contributed by atoms with Crippen LogP contribution in [0.15, 0.2) is 0 Å². The van der Waals surface area contributed by atoms with Gasteiger partial charge in [-0.05, 0) is 32.2 Å². The van der Waals surface area contributed by atoms with Crippen molar-refractivity contribution in [2.24, 2.45) is 5.92 Å². The lowest BCUT2D eigenvalue weighted by molar-refractivity contribution is 0.0413. The molecule has 0 rings (SSSR count). The van der Waals surface area contributed by atoms with Crippen molar-refractivity contribution in [3.8, 4) is 0 Å². The van der Waals surface area contributed by atoms with Crippen LogP contribution in [-0.4, -0.2) is 25.3 Å². The summed E-state index contributed by atoms with van der Waals surface area (Å²) in [6.45, 7) is 12.9. The maximum Gasteiger partial charge on any atom is 0.0547 e. The van der Waals surface area contributed by atoms with Crippen molar-refractivity contribution in [2.45, 2.75) is 59.6 Å². The highest BCUT2D eigenvalue weighted by Crippen LogP contribution is 2.03. The second-order valence-corrected chi connectivity index (χ2v) is 4.79. The maximum atomic E-state index is 5.68. The third-order valence-electron chi connectivity index (χ3n) is 2.05. The molecule has 0 amide bonds. The fourth-order valence-electron chi connectivity index (χ4n) is 1.22. The molecule has 0 aromatic rings. The SMILES string of the molecule is CC(C)COC(C)CCCNC(C)C. The predicted octanol–water partition coefficient (Wildman–Crippen LogP) is 2.83. The fraction of sp³-hybridized carbons (Fsp3) is 1.00. The van der Waals surface area contributed by atoms with Crippen LogP contribution in [0.25, 0.3) is 0 Å².